The summed E-state index contributed by atoms with van der Waals surface area (Å²) in [4.78, 5) is 4.46. The largest absolute Gasteiger partial charge is 0.310 e. The van der Waals surface area contributed by atoms with Crippen LogP contribution in [0.5, 0.6) is 0 Å². The Morgan fingerprint density at radius 3 is 2.79 bits per heavy atom. The van der Waals surface area contributed by atoms with Gasteiger partial charge in [-0.3, -0.25) is 4.98 Å². The van der Waals surface area contributed by atoms with Crippen LogP contribution in [-0.4, -0.2) is 11.5 Å². The molecule has 1 heterocycles. The van der Waals surface area contributed by atoms with Crippen molar-refractivity contribution in [3.63, 3.8) is 0 Å². The fourth-order valence-corrected chi connectivity index (χ4v) is 2.53. The summed E-state index contributed by atoms with van der Waals surface area (Å²) in [5.74, 6) is 0. The minimum absolute atomic E-state index is 0.452. The number of hydrogen-bond acceptors (Lipinski definition) is 2. The molecular formula is C17H24N2. The van der Waals surface area contributed by atoms with Crippen molar-refractivity contribution in [3.8, 4) is 0 Å². The lowest BCUT2D eigenvalue weighted by atomic mass is 9.97. The van der Waals surface area contributed by atoms with Gasteiger partial charge in [0.05, 0.1) is 5.52 Å². The molecule has 0 radical (unpaired) electrons. The number of aromatic nitrogens is 1. The summed E-state index contributed by atoms with van der Waals surface area (Å²) in [6, 6.07) is 11.1. The molecule has 1 unspecified atom stereocenters. The van der Waals surface area contributed by atoms with E-state index in [4.69, 9.17) is 0 Å². The average Bonchev–Trinajstić information content (AvgIpc) is 2.47. The molecule has 0 aliphatic heterocycles. The van der Waals surface area contributed by atoms with Crippen LogP contribution in [-0.2, 0) is 0 Å². The fraction of sp³-hybridized carbons (Fsp3) is 0.471. The van der Waals surface area contributed by atoms with E-state index in [1.165, 1.54) is 36.6 Å². The molecule has 0 aliphatic carbocycles. The van der Waals surface area contributed by atoms with Gasteiger partial charge in [0.2, 0.25) is 0 Å². The van der Waals surface area contributed by atoms with Crippen molar-refractivity contribution in [2.45, 2.75) is 45.6 Å². The van der Waals surface area contributed by atoms with E-state index in [1.54, 1.807) is 0 Å². The number of pyridine rings is 1. The van der Waals surface area contributed by atoms with Crippen molar-refractivity contribution in [1.82, 2.24) is 10.3 Å². The molecule has 2 rings (SSSR count). The highest BCUT2D eigenvalue weighted by atomic mass is 14.9. The third-order valence-electron chi connectivity index (χ3n) is 3.54. The molecule has 102 valence electrons. The van der Waals surface area contributed by atoms with Gasteiger partial charge in [0.25, 0.3) is 0 Å². The summed E-state index contributed by atoms with van der Waals surface area (Å²) in [5.41, 5.74) is 2.49. The van der Waals surface area contributed by atoms with Crippen molar-refractivity contribution in [3.05, 3.63) is 42.1 Å². The van der Waals surface area contributed by atoms with Crippen molar-refractivity contribution < 1.29 is 0 Å². The van der Waals surface area contributed by atoms with Crippen LogP contribution in [0.4, 0.5) is 0 Å². The van der Waals surface area contributed by atoms with Gasteiger partial charge in [-0.2, -0.15) is 0 Å². The number of nitrogens with one attached hydrogen (secondary N) is 1. The Hall–Kier alpha value is -1.41. The normalized spacial score (nSPS) is 12.7. The van der Waals surface area contributed by atoms with Crippen LogP contribution in [0.1, 0.15) is 51.1 Å². The average molecular weight is 256 g/mol. The van der Waals surface area contributed by atoms with E-state index < -0.39 is 0 Å². The first-order valence-corrected chi connectivity index (χ1v) is 7.43. The molecule has 1 N–H and O–H groups in total. The minimum Gasteiger partial charge on any atom is -0.310 e. The predicted molar refractivity (Wildman–Crippen MR) is 82.3 cm³/mol. The summed E-state index contributed by atoms with van der Waals surface area (Å²) >= 11 is 0. The van der Waals surface area contributed by atoms with Crippen molar-refractivity contribution in [2.24, 2.45) is 0 Å². The molecule has 2 nitrogen and oxygen atoms in total. The maximum Gasteiger partial charge on any atom is 0.0705 e. The minimum atomic E-state index is 0.452. The summed E-state index contributed by atoms with van der Waals surface area (Å²) in [6.45, 7) is 5.54. The van der Waals surface area contributed by atoms with E-state index in [-0.39, 0.29) is 0 Å². The zero-order valence-corrected chi connectivity index (χ0v) is 12.0. The Balaban J connectivity index is 2.31. The molecule has 0 bridgehead atoms. The second kappa shape index (κ2) is 7.25. The molecule has 0 fully saturated rings. The second-order valence-electron chi connectivity index (χ2n) is 5.07. The standard InChI is InChI=1S/C17H24N2/c1-3-5-10-16(18-12-4-2)14-8-6-11-17-15(14)9-7-13-19-17/h6-9,11,13,16,18H,3-5,10,12H2,1-2H3. The molecule has 1 aromatic heterocycles. The Bertz CT molecular complexity index is 494. The molecule has 1 aromatic carbocycles. The van der Waals surface area contributed by atoms with Gasteiger partial charge < -0.3 is 5.32 Å². The van der Waals surface area contributed by atoms with Gasteiger partial charge in [-0.05, 0) is 37.1 Å². The SMILES string of the molecule is CCCCC(NCCC)c1cccc2ncccc12. The highest BCUT2D eigenvalue weighted by Crippen LogP contribution is 2.26. The molecule has 0 amide bonds. The van der Waals surface area contributed by atoms with Gasteiger partial charge in [-0.15, -0.1) is 0 Å². The van der Waals surface area contributed by atoms with Crippen LogP contribution in [0, 0.1) is 0 Å². The number of rotatable bonds is 7. The number of unbranched alkanes of at least 4 members (excludes halogenated alkanes) is 1. The summed E-state index contributed by atoms with van der Waals surface area (Å²) in [6.07, 6.45) is 6.74. The Morgan fingerprint density at radius 1 is 1.11 bits per heavy atom. The quantitative estimate of drug-likeness (QED) is 0.790. The summed E-state index contributed by atoms with van der Waals surface area (Å²) in [7, 11) is 0. The summed E-state index contributed by atoms with van der Waals surface area (Å²) in [5, 5.41) is 4.97. The number of benzene rings is 1. The zero-order chi connectivity index (χ0) is 13.5. The first-order chi connectivity index (χ1) is 9.36. The molecule has 0 aliphatic rings. The molecule has 1 atom stereocenters. The molecular weight excluding hydrogens is 232 g/mol. The molecule has 0 saturated carbocycles. The zero-order valence-electron chi connectivity index (χ0n) is 12.0. The van der Waals surface area contributed by atoms with Gasteiger partial charge in [0, 0.05) is 17.6 Å². The summed E-state index contributed by atoms with van der Waals surface area (Å²) < 4.78 is 0. The van der Waals surface area contributed by atoms with Crippen molar-refractivity contribution >= 4 is 10.9 Å². The number of hydrogen-bond donors (Lipinski definition) is 1. The smallest absolute Gasteiger partial charge is 0.0705 e. The van der Waals surface area contributed by atoms with Gasteiger partial charge in [0.15, 0.2) is 0 Å². The van der Waals surface area contributed by atoms with Crippen LogP contribution in [0.3, 0.4) is 0 Å². The maximum atomic E-state index is 4.46. The van der Waals surface area contributed by atoms with E-state index >= 15 is 0 Å². The molecule has 0 spiro atoms. The molecule has 2 aromatic rings. The van der Waals surface area contributed by atoms with Crippen LogP contribution >= 0.6 is 0 Å². The van der Waals surface area contributed by atoms with E-state index in [2.05, 4.69) is 48.4 Å². The fourth-order valence-electron chi connectivity index (χ4n) is 2.53. The molecule has 0 saturated heterocycles. The van der Waals surface area contributed by atoms with E-state index in [0.29, 0.717) is 6.04 Å². The number of nitrogens with zero attached hydrogens (tertiary/aromatic N) is 1. The van der Waals surface area contributed by atoms with Crippen molar-refractivity contribution in [1.29, 1.82) is 0 Å². The highest BCUT2D eigenvalue weighted by molar-refractivity contribution is 5.82. The maximum absolute atomic E-state index is 4.46. The van der Waals surface area contributed by atoms with E-state index in [0.717, 1.165) is 12.1 Å². The first kappa shape index (κ1) is 14.0. The lowest BCUT2D eigenvalue weighted by Crippen LogP contribution is -2.22. The molecule has 2 heteroatoms. The number of fused-ring (bicyclic) bond motifs is 1. The molecule has 19 heavy (non-hydrogen) atoms. The second-order valence-corrected chi connectivity index (χ2v) is 5.07. The monoisotopic (exact) mass is 256 g/mol. The van der Waals surface area contributed by atoms with Gasteiger partial charge in [-0.1, -0.05) is 44.9 Å². The van der Waals surface area contributed by atoms with E-state index in [1.807, 2.05) is 12.3 Å². The lowest BCUT2D eigenvalue weighted by Gasteiger charge is -2.20. The van der Waals surface area contributed by atoms with Gasteiger partial charge in [-0.25, -0.2) is 0 Å². The Morgan fingerprint density at radius 2 is 2.00 bits per heavy atom. The Kier molecular flexibility index (Phi) is 5.34. The van der Waals surface area contributed by atoms with Crippen LogP contribution < -0.4 is 5.32 Å². The highest BCUT2D eigenvalue weighted by Gasteiger charge is 2.13. The van der Waals surface area contributed by atoms with Crippen molar-refractivity contribution in [2.75, 3.05) is 6.54 Å². The first-order valence-electron chi connectivity index (χ1n) is 7.43. The van der Waals surface area contributed by atoms with Crippen LogP contribution in [0.15, 0.2) is 36.5 Å². The van der Waals surface area contributed by atoms with Crippen LogP contribution in [0.25, 0.3) is 10.9 Å². The topological polar surface area (TPSA) is 24.9 Å². The van der Waals surface area contributed by atoms with Gasteiger partial charge >= 0.3 is 0 Å². The third kappa shape index (κ3) is 3.54. The van der Waals surface area contributed by atoms with Gasteiger partial charge in [0.1, 0.15) is 0 Å². The Labute approximate surface area is 116 Å². The van der Waals surface area contributed by atoms with E-state index in [9.17, 15) is 0 Å². The third-order valence-corrected chi connectivity index (χ3v) is 3.54. The van der Waals surface area contributed by atoms with Crippen LogP contribution in [0.2, 0.25) is 0 Å². The lowest BCUT2D eigenvalue weighted by molar-refractivity contribution is 0.484. The predicted octanol–water partition coefficient (Wildman–Crippen LogP) is 4.47.